The first-order valence-corrected chi connectivity index (χ1v) is 9.38. The summed E-state index contributed by atoms with van der Waals surface area (Å²) in [5, 5.41) is 10.3. The van der Waals surface area contributed by atoms with Crippen molar-refractivity contribution < 1.29 is 28.3 Å². The van der Waals surface area contributed by atoms with Crippen molar-refractivity contribution in [1.82, 2.24) is 4.90 Å². The third-order valence-electron chi connectivity index (χ3n) is 3.54. The summed E-state index contributed by atoms with van der Waals surface area (Å²) < 4.78 is 28.0. The van der Waals surface area contributed by atoms with Gasteiger partial charge in [0, 0.05) is 0 Å². The van der Waals surface area contributed by atoms with Crippen molar-refractivity contribution in [2.75, 3.05) is 13.2 Å². The molecule has 1 saturated heterocycles. The summed E-state index contributed by atoms with van der Waals surface area (Å²) in [6.45, 7) is 5.35. The second-order valence-electron chi connectivity index (χ2n) is 5.19. The summed E-state index contributed by atoms with van der Waals surface area (Å²) in [6, 6.07) is 8.74. The molecule has 1 amide bonds. The Morgan fingerprint density at radius 2 is 1.88 bits per heavy atom. The first-order chi connectivity index (χ1) is 11.4. The molecule has 1 fully saturated rings. The fourth-order valence-electron chi connectivity index (χ4n) is 2.53. The average molecular weight is 355 g/mol. The molecule has 1 aliphatic heterocycles. The Morgan fingerprint density at radius 3 is 2.42 bits per heavy atom. The number of hydrogen-bond donors (Lipinski definition) is 1. The lowest BCUT2D eigenvalue weighted by atomic mass is 10.0. The third-order valence-corrected chi connectivity index (χ3v) is 5.32. The van der Waals surface area contributed by atoms with Gasteiger partial charge in [-0.15, -0.1) is 0 Å². The number of hydrogen-bond acceptors (Lipinski definition) is 6. The van der Waals surface area contributed by atoms with Crippen LogP contribution in [0.2, 0.25) is 0 Å². The molecule has 24 heavy (non-hydrogen) atoms. The van der Waals surface area contributed by atoms with E-state index in [4.69, 9.17) is 13.8 Å². The zero-order chi connectivity index (χ0) is 17.7. The van der Waals surface area contributed by atoms with Gasteiger partial charge in [0.1, 0.15) is 6.10 Å². The Balaban J connectivity index is 2.25. The van der Waals surface area contributed by atoms with Crippen molar-refractivity contribution in [2.45, 2.75) is 32.9 Å². The van der Waals surface area contributed by atoms with Gasteiger partial charge in [-0.05, 0) is 26.3 Å². The largest absolute Gasteiger partial charge is 0.494 e. The van der Waals surface area contributed by atoms with Gasteiger partial charge in [-0.2, -0.15) is 0 Å². The van der Waals surface area contributed by atoms with Crippen molar-refractivity contribution in [3.05, 3.63) is 47.6 Å². The second-order valence-corrected chi connectivity index (χ2v) is 7.04. The molecular formula is C16H22NO6P. The minimum absolute atomic E-state index is 0.147. The monoisotopic (exact) mass is 355 g/mol. The summed E-state index contributed by atoms with van der Waals surface area (Å²) in [5.74, 6) is 0.446. The number of cyclic esters (lactones) is 1. The molecule has 1 aromatic rings. The van der Waals surface area contributed by atoms with Crippen LogP contribution < -0.4 is 0 Å². The van der Waals surface area contributed by atoms with Crippen molar-refractivity contribution in [3.63, 3.8) is 0 Å². The van der Waals surface area contributed by atoms with Gasteiger partial charge in [0.15, 0.2) is 0 Å². The fourth-order valence-corrected chi connectivity index (χ4v) is 3.88. The summed E-state index contributed by atoms with van der Waals surface area (Å²) in [5.41, 5.74) is 0.812. The molecule has 1 aliphatic rings. The van der Waals surface area contributed by atoms with Crippen LogP contribution in [-0.4, -0.2) is 35.4 Å². The minimum Gasteiger partial charge on any atom is -0.494 e. The molecule has 0 spiro atoms. The minimum atomic E-state index is -3.63. The lowest BCUT2D eigenvalue weighted by Gasteiger charge is -2.21. The lowest BCUT2D eigenvalue weighted by Crippen LogP contribution is -2.31. The fraction of sp³-hybridized carbons (Fsp3) is 0.438. The van der Waals surface area contributed by atoms with Crippen molar-refractivity contribution in [1.29, 1.82) is 0 Å². The number of amides is 1. The van der Waals surface area contributed by atoms with Gasteiger partial charge in [0.05, 0.1) is 25.1 Å². The van der Waals surface area contributed by atoms with Crippen LogP contribution in [0.25, 0.3) is 0 Å². The molecule has 132 valence electrons. The molecule has 0 aromatic heterocycles. The number of aliphatic hydroxyl groups is 1. The molecule has 1 N–H and O–H groups in total. The summed E-state index contributed by atoms with van der Waals surface area (Å²) in [6.07, 6.45) is -1.25. The standard InChI is InChI=1S/C16H22NO6P/c1-4-21-24(20,22-5-2)11-14(18)17-12(3)15(23-16(17)19)13-9-7-6-8-10-13/h6-12,15,18H,4-5H2,1-3H3/t12-,15-/m1/s1. The highest BCUT2D eigenvalue weighted by Crippen LogP contribution is 2.51. The van der Waals surface area contributed by atoms with E-state index in [1.54, 1.807) is 20.8 Å². The molecule has 0 unspecified atom stereocenters. The van der Waals surface area contributed by atoms with E-state index in [0.717, 1.165) is 16.3 Å². The van der Waals surface area contributed by atoms with Crippen molar-refractivity contribution in [3.8, 4) is 0 Å². The number of ether oxygens (including phenoxy) is 1. The first-order valence-electron chi connectivity index (χ1n) is 7.77. The number of rotatable bonds is 7. The number of aliphatic hydroxyl groups excluding tert-OH is 1. The van der Waals surface area contributed by atoms with Crippen molar-refractivity contribution in [2.24, 2.45) is 0 Å². The van der Waals surface area contributed by atoms with E-state index in [2.05, 4.69) is 0 Å². The van der Waals surface area contributed by atoms with Crippen LogP contribution in [0.4, 0.5) is 4.79 Å². The second kappa shape index (κ2) is 7.83. The molecule has 0 saturated carbocycles. The topological polar surface area (TPSA) is 85.3 Å². The van der Waals surface area contributed by atoms with Gasteiger partial charge < -0.3 is 18.9 Å². The van der Waals surface area contributed by atoms with Gasteiger partial charge in [-0.3, -0.25) is 4.57 Å². The Bertz CT molecular complexity index is 637. The van der Waals surface area contributed by atoms with Crippen molar-refractivity contribution >= 4 is 13.7 Å². The van der Waals surface area contributed by atoms with Crippen LogP contribution in [0.3, 0.4) is 0 Å². The highest BCUT2D eigenvalue weighted by molar-refractivity contribution is 7.57. The summed E-state index contributed by atoms with van der Waals surface area (Å²) in [7, 11) is -3.63. The predicted molar refractivity (Wildman–Crippen MR) is 88.5 cm³/mol. The Kier molecular flexibility index (Phi) is 6.04. The van der Waals surface area contributed by atoms with Gasteiger partial charge >= 0.3 is 13.7 Å². The molecule has 0 aliphatic carbocycles. The van der Waals surface area contributed by atoms with E-state index in [0.29, 0.717) is 0 Å². The molecule has 2 atom stereocenters. The molecule has 1 aromatic carbocycles. The number of carbonyl (C=O) groups excluding carboxylic acids is 1. The van der Waals surface area contributed by atoms with E-state index in [-0.39, 0.29) is 13.2 Å². The normalized spacial score (nSPS) is 21.9. The van der Waals surface area contributed by atoms with Gasteiger partial charge in [-0.25, -0.2) is 9.69 Å². The Labute approximate surface area is 141 Å². The molecule has 7 nitrogen and oxygen atoms in total. The number of nitrogens with zero attached hydrogens (tertiary/aromatic N) is 1. The third kappa shape index (κ3) is 3.98. The van der Waals surface area contributed by atoms with Crippen LogP contribution in [0, 0.1) is 0 Å². The maximum Gasteiger partial charge on any atom is 0.417 e. The van der Waals surface area contributed by atoms with Crippen LogP contribution in [0.5, 0.6) is 0 Å². The molecule has 0 radical (unpaired) electrons. The van der Waals surface area contributed by atoms with Crippen LogP contribution in [0.15, 0.2) is 42.0 Å². The highest BCUT2D eigenvalue weighted by atomic mass is 31.2. The molecule has 0 bridgehead atoms. The van der Waals surface area contributed by atoms with E-state index in [9.17, 15) is 14.5 Å². The summed E-state index contributed by atoms with van der Waals surface area (Å²) in [4.78, 5) is 13.2. The Morgan fingerprint density at radius 1 is 1.29 bits per heavy atom. The number of benzene rings is 1. The van der Waals surface area contributed by atoms with E-state index in [1.807, 2.05) is 30.3 Å². The van der Waals surface area contributed by atoms with Crippen LogP contribution in [0.1, 0.15) is 32.4 Å². The highest BCUT2D eigenvalue weighted by Gasteiger charge is 2.42. The molecule has 1 heterocycles. The lowest BCUT2D eigenvalue weighted by molar-refractivity contribution is 0.129. The first kappa shape index (κ1) is 18.5. The quantitative estimate of drug-likeness (QED) is 0.583. The number of carbonyl (C=O) groups is 1. The van der Waals surface area contributed by atoms with Crippen LogP contribution >= 0.6 is 7.60 Å². The van der Waals surface area contributed by atoms with Crippen LogP contribution in [-0.2, 0) is 18.3 Å². The van der Waals surface area contributed by atoms with E-state index in [1.165, 1.54) is 0 Å². The van der Waals surface area contributed by atoms with E-state index < -0.39 is 31.7 Å². The maximum absolute atomic E-state index is 12.5. The van der Waals surface area contributed by atoms with Gasteiger partial charge in [-0.1, -0.05) is 30.3 Å². The van der Waals surface area contributed by atoms with Gasteiger partial charge in [0.25, 0.3) is 0 Å². The molecule has 2 rings (SSSR count). The Hall–Kier alpha value is -1.82. The SMILES string of the molecule is CCOP(=O)(C=C(O)N1C(=O)O[C@@H](c2ccccc2)[C@H]1C)OCC. The zero-order valence-electron chi connectivity index (χ0n) is 13.9. The predicted octanol–water partition coefficient (Wildman–Crippen LogP) is 4.19. The average Bonchev–Trinajstić information content (AvgIpc) is 2.83. The summed E-state index contributed by atoms with van der Waals surface area (Å²) >= 11 is 0. The maximum atomic E-state index is 12.5. The molecular weight excluding hydrogens is 333 g/mol. The molecule has 8 heteroatoms. The van der Waals surface area contributed by atoms with Gasteiger partial charge in [0.2, 0.25) is 5.88 Å². The van der Waals surface area contributed by atoms with E-state index >= 15 is 0 Å². The smallest absolute Gasteiger partial charge is 0.417 e. The zero-order valence-corrected chi connectivity index (χ0v) is 14.8.